The molecule has 2 N–H and O–H groups in total. The first-order valence-corrected chi connectivity index (χ1v) is 7.40. The van der Waals surface area contributed by atoms with Crippen LogP contribution in [0.15, 0.2) is 30.3 Å². The molecule has 0 bridgehead atoms. The van der Waals surface area contributed by atoms with Gasteiger partial charge in [-0.25, -0.2) is 0 Å². The van der Waals surface area contributed by atoms with Gasteiger partial charge in [-0.3, -0.25) is 23.4 Å². The third kappa shape index (κ3) is 3.75. The van der Waals surface area contributed by atoms with Crippen LogP contribution in [0.1, 0.15) is 13.8 Å². The number of nitrogens with one attached hydrogen (secondary N) is 2. The van der Waals surface area contributed by atoms with Gasteiger partial charge in [0.2, 0.25) is 5.91 Å². The quantitative estimate of drug-likeness (QED) is 0.651. The van der Waals surface area contributed by atoms with Crippen LogP contribution in [-0.2, 0) is 14.4 Å². The van der Waals surface area contributed by atoms with E-state index in [1.807, 2.05) is 19.9 Å². The number of rotatable bonds is 4. The molecule has 0 saturated carbocycles. The number of amides is 3. The van der Waals surface area contributed by atoms with Crippen molar-refractivity contribution in [1.29, 1.82) is 0 Å². The summed E-state index contributed by atoms with van der Waals surface area (Å²) in [5, 5.41) is 2.59. The smallest absolute Gasteiger partial charge is 0.256 e. The second kappa shape index (κ2) is 6.62. The number of benzene rings is 1. The second-order valence-electron chi connectivity index (χ2n) is 5.14. The Kier molecular flexibility index (Phi) is 4.85. The van der Waals surface area contributed by atoms with Gasteiger partial charge in [0, 0.05) is 12.2 Å². The van der Waals surface area contributed by atoms with Gasteiger partial charge in [0.15, 0.2) is 5.92 Å². The highest BCUT2D eigenvalue weighted by Gasteiger charge is 2.41. The Morgan fingerprint density at radius 2 is 2.00 bits per heavy atom. The van der Waals surface area contributed by atoms with Gasteiger partial charge >= 0.3 is 0 Å². The summed E-state index contributed by atoms with van der Waals surface area (Å²) in [5.74, 6) is -2.78. The van der Waals surface area contributed by atoms with Gasteiger partial charge in [0.1, 0.15) is 0 Å². The topological polar surface area (TPSA) is 78.5 Å². The summed E-state index contributed by atoms with van der Waals surface area (Å²) in [5.41, 5.74) is 0.553. The molecule has 112 valence electrons. The summed E-state index contributed by atoms with van der Waals surface area (Å²) in [6.07, 6.45) is 0. The molecule has 1 unspecified atom stereocenters. The normalized spacial score (nSPS) is 18.6. The van der Waals surface area contributed by atoms with Gasteiger partial charge in [0.25, 0.3) is 11.8 Å². The minimum Gasteiger partial charge on any atom is -0.325 e. The molecular formula is C14H17N3O3S. The van der Waals surface area contributed by atoms with Crippen molar-refractivity contribution in [2.75, 3.05) is 11.9 Å². The Hall–Kier alpha value is -2.02. The van der Waals surface area contributed by atoms with Gasteiger partial charge in [-0.05, 0) is 18.1 Å². The van der Waals surface area contributed by atoms with E-state index >= 15 is 0 Å². The van der Waals surface area contributed by atoms with E-state index < -0.39 is 23.6 Å². The Bertz CT molecular complexity index is 548. The number of nitrogens with zero attached hydrogens (tertiary/aromatic N) is 1. The van der Waals surface area contributed by atoms with Crippen LogP contribution in [0.5, 0.6) is 0 Å². The minimum atomic E-state index is -1.34. The maximum Gasteiger partial charge on any atom is 0.256 e. The fraction of sp³-hybridized carbons (Fsp3) is 0.357. The van der Waals surface area contributed by atoms with Crippen LogP contribution < -0.4 is 10.0 Å². The first-order valence-electron chi connectivity index (χ1n) is 6.63. The largest absolute Gasteiger partial charge is 0.325 e. The van der Waals surface area contributed by atoms with E-state index in [2.05, 4.69) is 10.0 Å². The second-order valence-corrected chi connectivity index (χ2v) is 5.97. The van der Waals surface area contributed by atoms with Crippen molar-refractivity contribution < 1.29 is 14.4 Å². The highest BCUT2D eigenvalue weighted by Crippen LogP contribution is 2.21. The fourth-order valence-corrected chi connectivity index (χ4v) is 2.77. The first kappa shape index (κ1) is 15.4. The van der Waals surface area contributed by atoms with Crippen LogP contribution in [0.3, 0.4) is 0 Å². The molecule has 6 nitrogen and oxygen atoms in total. The molecule has 1 heterocycles. The van der Waals surface area contributed by atoms with E-state index in [0.29, 0.717) is 12.2 Å². The zero-order valence-corrected chi connectivity index (χ0v) is 12.6. The van der Waals surface area contributed by atoms with Crippen molar-refractivity contribution in [3.63, 3.8) is 0 Å². The lowest BCUT2D eigenvalue weighted by molar-refractivity contribution is -0.144. The lowest BCUT2D eigenvalue weighted by Crippen LogP contribution is -2.52. The number of anilines is 1. The molecule has 3 amide bonds. The molecule has 0 aromatic heterocycles. The minimum absolute atomic E-state index is 0.245. The van der Waals surface area contributed by atoms with Crippen LogP contribution in [0.25, 0.3) is 0 Å². The molecule has 0 spiro atoms. The van der Waals surface area contributed by atoms with Crippen molar-refractivity contribution in [2.45, 2.75) is 13.8 Å². The maximum absolute atomic E-state index is 12.3. The molecule has 1 saturated heterocycles. The fourth-order valence-electron chi connectivity index (χ4n) is 1.89. The third-order valence-corrected chi connectivity index (χ3v) is 3.69. The van der Waals surface area contributed by atoms with E-state index in [4.69, 9.17) is 0 Å². The Morgan fingerprint density at radius 3 is 2.62 bits per heavy atom. The summed E-state index contributed by atoms with van der Waals surface area (Å²) in [6, 6.07) is 8.74. The van der Waals surface area contributed by atoms with Gasteiger partial charge in [-0.15, -0.1) is 0 Å². The molecule has 2 rings (SSSR count). The molecular weight excluding hydrogens is 290 g/mol. The zero-order valence-electron chi connectivity index (χ0n) is 11.8. The summed E-state index contributed by atoms with van der Waals surface area (Å²) in [4.78, 5) is 36.3. The lowest BCUT2D eigenvalue weighted by atomic mass is 10.1. The highest BCUT2D eigenvalue weighted by atomic mass is 32.2. The van der Waals surface area contributed by atoms with Gasteiger partial charge < -0.3 is 5.32 Å². The molecule has 0 radical (unpaired) electrons. The first-order chi connectivity index (χ1) is 9.99. The average molecular weight is 307 g/mol. The summed E-state index contributed by atoms with van der Waals surface area (Å²) in [7, 11) is 0. The number of carbonyl (C=O) groups excluding carboxylic acids is 3. The van der Waals surface area contributed by atoms with Crippen LogP contribution in [0.2, 0.25) is 0 Å². The summed E-state index contributed by atoms with van der Waals surface area (Å²) >= 11 is 0.939. The van der Waals surface area contributed by atoms with Gasteiger partial charge in [0.05, 0.1) is 12.1 Å². The molecule has 1 atom stereocenters. The monoisotopic (exact) mass is 307 g/mol. The predicted octanol–water partition coefficient (Wildman–Crippen LogP) is 1.42. The molecule has 1 aromatic carbocycles. The molecule has 1 aromatic rings. The van der Waals surface area contributed by atoms with E-state index in [1.165, 1.54) is 4.31 Å². The van der Waals surface area contributed by atoms with Crippen molar-refractivity contribution in [3.05, 3.63) is 30.3 Å². The van der Waals surface area contributed by atoms with Crippen molar-refractivity contribution in [1.82, 2.24) is 9.03 Å². The van der Waals surface area contributed by atoms with E-state index in [9.17, 15) is 14.4 Å². The van der Waals surface area contributed by atoms with Gasteiger partial charge in [-0.1, -0.05) is 32.0 Å². The van der Waals surface area contributed by atoms with Crippen LogP contribution in [0, 0.1) is 11.8 Å². The zero-order chi connectivity index (χ0) is 15.4. The number of hydrogen-bond acceptors (Lipinski definition) is 4. The van der Waals surface area contributed by atoms with Crippen LogP contribution >= 0.6 is 12.1 Å². The number of hydrogen-bond donors (Lipinski definition) is 2. The highest BCUT2D eigenvalue weighted by molar-refractivity contribution is 7.96. The Morgan fingerprint density at radius 1 is 1.33 bits per heavy atom. The van der Waals surface area contributed by atoms with E-state index in [1.54, 1.807) is 24.3 Å². The van der Waals surface area contributed by atoms with Crippen LogP contribution in [0.4, 0.5) is 5.69 Å². The average Bonchev–Trinajstić information content (AvgIpc) is 2.43. The van der Waals surface area contributed by atoms with Crippen LogP contribution in [-0.4, -0.2) is 28.6 Å². The SMILES string of the molecule is CC(C)CN1SNC(=O)C(C(=O)Nc2ccccc2)C1=O. The van der Waals surface area contributed by atoms with Crippen molar-refractivity contribution in [2.24, 2.45) is 11.8 Å². The summed E-state index contributed by atoms with van der Waals surface area (Å²) < 4.78 is 3.92. The predicted molar refractivity (Wildman–Crippen MR) is 80.8 cm³/mol. The van der Waals surface area contributed by atoms with Crippen molar-refractivity contribution in [3.8, 4) is 0 Å². The molecule has 1 fully saturated rings. The lowest BCUT2D eigenvalue weighted by Gasteiger charge is -2.30. The molecule has 21 heavy (non-hydrogen) atoms. The Balaban J connectivity index is 2.10. The maximum atomic E-state index is 12.3. The molecule has 1 aliphatic rings. The van der Waals surface area contributed by atoms with E-state index in [-0.39, 0.29) is 5.92 Å². The third-order valence-electron chi connectivity index (χ3n) is 2.85. The summed E-state index contributed by atoms with van der Waals surface area (Å²) in [6.45, 7) is 4.39. The molecule has 0 aliphatic carbocycles. The van der Waals surface area contributed by atoms with Gasteiger partial charge in [-0.2, -0.15) is 0 Å². The van der Waals surface area contributed by atoms with E-state index in [0.717, 1.165) is 12.1 Å². The standard InChI is InChI=1S/C14H17N3O3S/c1-9(2)8-17-14(20)11(13(19)16-21-17)12(18)15-10-6-4-3-5-7-10/h3-7,9,11H,8H2,1-2H3,(H,15,18)(H,16,19). The van der Waals surface area contributed by atoms with Crippen molar-refractivity contribution >= 4 is 35.5 Å². The number of carbonyl (C=O) groups is 3. The Labute approximate surface area is 127 Å². The molecule has 7 heteroatoms. The molecule has 1 aliphatic heterocycles. The number of para-hydroxylation sites is 1.